The molecule has 3 aromatic rings. The van der Waals surface area contributed by atoms with Crippen LogP contribution in [0.4, 0.5) is 5.82 Å². The Hall–Kier alpha value is -2.14. The van der Waals surface area contributed by atoms with Gasteiger partial charge in [-0.05, 0) is 13.0 Å². The van der Waals surface area contributed by atoms with Gasteiger partial charge in [0.15, 0.2) is 17.7 Å². The van der Waals surface area contributed by atoms with E-state index in [0.717, 1.165) is 10.7 Å². The standard InChI is InChI=1S/C15H17N5O4S/c1-7-9(2-3-23-7)25-4-8-11(21)12(22)15(24-8)20-6-19-10-13(16)17-5-18-14(10)20/h2-3,5-6,8,11-12,15,21-22H,4H2,1H3,(H2,16,17,18)/t8-,11-,12-,15?/m1/s1. The molecule has 3 aromatic heterocycles. The van der Waals surface area contributed by atoms with Crippen molar-refractivity contribution in [3.63, 3.8) is 0 Å². The number of rotatable bonds is 4. The molecule has 10 heteroatoms. The Labute approximate surface area is 146 Å². The highest BCUT2D eigenvalue weighted by Gasteiger charge is 2.44. The van der Waals surface area contributed by atoms with Gasteiger partial charge in [-0.2, -0.15) is 0 Å². The predicted molar refractivity (Wildman–Crippen MR) is 89.8 cm³/mol. The van der Waals surface area contributed by atoms with Crippen molar-refractivity contribution in [3.8, 4) is 0 Å². The van der Waals surface area contributed by atoms with E-state index >= 15 is 0 Å². The molecule has 0 bridgehead atoms. The number of fused-ring (bicyclic) bond motifs is 1. The van der Waals surface area contributed by atoms with Crippen LogP contribution in [0.1, 0.15) is 12.0 Å². The lowest BCUT2D eigenvalue weighted by Crippen LogP contribution is -2.32. The number of nitrogens with two attached hydrogens (primary N) is 1. The third-order valence-electron chi connectivity index (χ3n) is 4.21. The van der Waals surface area contributed by atoms with Crippen molar-refractivity contribution in [1.29, 1.82) is 0 Å². The highest BCUT2D eigenvalue weighted by Crippen LogP contribution is 2.35. The second-order valence-electron chi connectivity index (χ2n) is 5.78. The maximum Gasteiger partial charge on any atom is 0.167 e. The molecule has 25 heavy (non-hydrogen) atoms. The molecule has 4 rings (SSSR count). The quantitative estimate of drug-likeness (QED) is 0.573. The Balaban J connectivity index is 1.55. The van der Waals surface area contributed by atoms with Crippen LogP contribution in [-0.4, -0.2) is 53.8 Å². The van der Waals surface area contributed by atoms with Gasteiger partial charge >= 0.3 is 0 Å². The predicted octanol–water partition coefficient (Wildman–Crippen LogP) is 0.721. The van der Waals surface area contributed by atoms with E-state index in [1.807, 2.05) is 13.0 Å². The number of aryl methyl sites for hydroxylation is 1. The zero-order chi connectivity index (χ0) is 17.6. The van der Waals surface area contributed by atoms with E-state index < -0.39 is 24.5 Å². The summed E-state index contributed by atoms with van der Waals surface area (Å²) in [5, 5.41) is 20.8. The Morgan fingerprint density at radius 3 is 2.88 bits per heavy atom. The van der Waals surface area contributed by atoms with Gasteiger partial charge in [0, 0.05) is 10.6 Å². The van der Waals surface area contributed by atoms with Crippen molar-refractivity contribution < 1.29 is 19.4 Å². The van der Waals surface area contributed by atoms with Crippen LogP contribution in [0, 0.1) is 6.92 Å². The van der Waals surface area contributed by atoms with Crippen LogP contribution in [0.3, 0.4) is 0 Å². The number of anilines is 1. The van der Waals surface area contributed by atoms with Crippen LogP contribution in [0.5, 0.6) is 0 Å². The number of hydrogen-bond acceptors (Lipinski definition) is 9. The number of aromatic nitrogens is 4. The maximum atomic E-state index is 10.4. The molecular formula is C15H17N5O4S. The summed E-state index contributed by atoms with van der Waals surface area (Å²) in [5.41, 5.74) is 6.66. The average Bonchev–Trinajstić information content (AvgIpc) is 3.27. The lowest BCUT2D eigenvalue weighted by Gasteiger charge is -2.16. The van der Waals surface area contributed by atoms with Gasteiger partial charge in [-0.3, -0.25) is 4.57 Å². The van der Waals surface area contributed by atoms with E-state index in [1.54, 1.807) is 10.8 Å². The van der Waals surface area contributed by atoms with Crippen LogP contribution in [0.2, 0.25) is 0 Å². The number of ether oxygens (including phenoxy) is 1. The Bertz CT molecular complexity index is 897. The molecule has 1 aliphatic rings. The molecule has 0 saturated carbocycles. The Morgan fingerprint density at radius 1 is 1.28 bits per heavy atom. The summed E-state index contributed by atoms with van der Waals surface area (Å²) in [7, 11) is 0. The van der Waals surface area contributed by atoms with Gasteiger partial charge in [0.05, 0.1) is 18.7 Å². The summed E-state index contributed by atoms with van der Waals surface area (Å²) in [5.74, 6) is 1.53. The monoisotopic (exact) mass is 363 g/mol. The van der Waals surface area contributed by atoms with Crippen molar-refractivity contribution in [2.75, 3.05) is 11.5 Å². The van der Waals surface area contributed by atoms with Gasteiger partial charge in [-0.15, -0.1) is 11.8 Å². The highest BCUT2D eigenvalue weighted by molar-refractivity contribution is 7.99. The summed E-state index contributed by atoms with van der Waals surface area (Å²) in [6, 6.07) is 1.86. The second kappa shape index (κ2) is 6.30. The molecule has 4 N–H and O–H groups in total. The van der Waals surface area contributed by atoms with Crippen LogP contribution >= 0.6 is 11.8 Å². The number of imidazole rings is 1. The lowest BCUT2D eigenvalue weighted by atomic mass is 10.1. The number of nitrogen functional groups attached to an aromatic ring is 1. The van der Waals surface area contributed by atoms with Gasteiger partial charge < -0.3 is 25.1 Å². The Morgan fingerprint density at radius 2 is 2.12 bits per heavy atom. The number of furan rings is 1. The normalized spacial score (nSPS) is 26.5. The van der Waals surface area contributed by atoms with Crippen molar-refractivity contribution in [1.82, 2.24) is 19.5 Å². The molecule has 1 unspecified atom stereocenters. The fourth-order valence-corrected chi connectivity index (χ4v) is 3.87. The molecule has 0 amide bonds. The van der Waals surface area contributed by atoms with Crippen LogP contribution in [0.25, 0.3) is 11.2 Å². The van der Waals surface area contributed by atoms with E-state index in [9.17, 15) is 10.2 Å². The molecule has 1 saturated heterocycles. The zero-order valence-corrected chi connectivity index (χ0v) is 14.1. The van der Waals surface area contributed by atoms with Crippen LogP contribution in [-0.2, 0) is 4.74 Å². The van der Waals surface area contributed by atoms with E-state index in [-0.39, 0.29) is 5.82 Å². The fraction of sp³-hybridized carbons (Fsp3) is 0.400. The number of aliphatic hydroxyl groups excluding tert-OH is 2. The third kappa shape index (κ3) is 2.76. The molecule has 4 atom stereocenters. The first-order valence-corrected chi connectivity index (χ1v) is 8.66. The first-order valence-electron chi connectivity index (χ1n) is 7.67. The molecule has 0 radical (unpaired) electrons. The number of thioether (sulfide) groups is 1. The third-order valence-corrected chi connectivity index (χ3v) is 5.44. The second-order valence-corrected chi connectivity index (χ2v) is 6.84. The van der Waals surface area contributed by atoms with Gasteiger partial charge in [0.25, 0.3) is 0 Å². The topological polar surface area (TPSA) is 132 Å². The van der Waals surface area contributed by atoms with Gasteiger partial charge in [-0.25, -0.2) is 15.0 Å². The highest BCUT2D eigenvalue weighted by atomic mass is 32.2. The van der Waals surface area contributed by atoms with E-state index in [1.165, 1.54) is 24.4 Å². The van der Waals surface area contributed by atoms with Crippen molar-refractivity contribution in [3.05, 3.63) is 30.7 Å². The summed E-state index contributed by atoms with van der Waals surface area (Å²) in [4.78, 5) is 13.2. The van der Waals surface area contributed by atoms with Crippen molar-refractivity contribution in [2.24, 2.45) is 0 Å². The number of hydrogen-bond donors (Lipinski definition) is 3. The average molecular weight is 363 g/mol. The molecule has 9 nitrogen and oxygen atoms in total. The lowest BCUT2D eigenvalue weighted by molar-refractivity contribution is -0.0289. The Kier molecular flexibility index (Phi) is 4.12. The molecule has 0 aliphatic carbocycles. The van der Waals surface area contributed by atoms with E-state index in [0.29, 0.717) is 16.9 Å². The maximum absolute atomic E-state index is 10.4. The van der Waals surface area contributed by atoms with Crippen molar-refractivity contribution in [2.45, 2.75) is 36.4 Å². The first-order chi connectivity index (χ1) is 12.1. The largest absolute Gasteiger partial charge is 0.468 e. The smallest absolute Gasteiger partial charge is 0.167 e. The first kappa shape index (κ1) is 16.3. The molecule has 0 spiro atoms. The summed E-state index contributed by atoms with van der Waals surface area (Å²) in [6.07, 6.45) is 0.935. The SMILES string of the molecule is Cc1occc1SC[C@H]1OC(n2cnc3c(N)ncnc32)[C@H](O)[C@@H]1O. The zero-order valence-electron chi connectivity index (χ0n) is 13.3. The minimum Gasteiger partial charge on any atom is -0.468 e. The summed E-state index contributed by atoms with van der Waals surface area (Å²) < 4.78 is 12.7. The molecular weight excluding hydrogens is 346 g/mol. The van der Waals surface area contributed by atoms with E-state index in [4.69, 9.17) is 14.9 Å². The molecule has 4 heterocycles. The minimum absolute atomic E-state index is 0.249. The fourth-order valence-electron chi connectivity index (χ4n) is 2.85. The van der Waals surface area contributed by atoms with Gasteiger partial charge in [0.1, 0.15) is 29.8 Å². The summed E-state index contributed by atoms with van der Waals surface area (Å²) in [6.45, 7) is 1.87. The van der Waals surface area contributed by atoms with Crippen LogP contribution in [0.15, 0.2) is 34.3 Å². The molecule has 1 fully saturated rings. The summed E-state index contributed by atoms with van der Waals surface area (Å²) >= 11 is 1.50. The van der Waals surface area contributed by atoms with Crippen molar-refractivity contribution >= 4 is 28.7 Å². The minimum atomic E-state index is -1.11. The number of nitrogens with zero attached hydrogens (tertiary/aromatic N) is 4. The van der Waals surface area contributed by atoms with E-state index in [2.05, 4.69) is 15.0 Å². The van der Waals surface area contributed by atoms with Crippen LogP contribution < -0.4 is 5.73 Å². The molecule has 1 aliphatic heterocycles. The van der Waals surface area contributed by atoms with Gasteiger partial charge in [0.2, 0.25) is 0 Å². The van der Waals surface area contributed by atoms with Gasteiger partial charge in [-0.1, -0.05) is 0 Å². The molecule has 0 aromatic carbocycles. The number of aliphatic hydroxyl groups is 2. The molecule has 132 valence electrons.